The quantitative estimate of drug-likeness (QED) is 0.432. The SMILES string of the molecule is COC1=CC(OC)(S(=O)(=O)c2ccccc2[N+](=O)[O-])C(NCC(=O)NC2CC2)C=C1. The van der Waals surface area contributed by atoms with Crippen LogP contribution in [0.2, 0.25) is 0 Å². The first-order valence-electron chi connectivity index (χ1n) is 9.26. The summed E-state index contributed by atoms with van der Waals surface area (Å²) in [7, 11) is -1.91. The Morgan fingerprint density at radius 3 is 2.60 bits per heavy atom. The predicted octanol–water partition coefficient (Wildman–Crippen LogP) is 1.05. The Balaban J connectivity index is 2.02. The zero-order valence-corrected chi connectivity index (χ0v) is 17.3. The van der Waals surface area contributed by atoms with E-state index in [1.54, 1.807) is 6.08 Å². The zero-order chi connectivity index (χ0) is 21.9. The number of nitro groups is 1. The second kappa shape index (κ2) is 8.54. The van der Waals surface area contributed by atoms with E-state index >= 15 is 0 Å². The van der Waals surface area contributed by atoms with E-state index < -0.39 is 36.3 Å². The fraction of sp³-hybridized carbons (Fsp3) is 0.421. The van der Waals surface area contributed by atoms with Gasteiger partial charge in [-0.25, -0.2) is 8.42 Å². The first-order valence-corrected chi connectivity index (χ1v) is 10.7. The molecule has 0 heterocycles. The third kappa shape index (κ3) is 4.09. The Morgan fingerprint density at radius 2 is 2.00 bits per heavy atom. The number of sulfone groups is 1. The Bertz CT molecular complexity index is 1000. The van der Waals surface area contributed by atoms with Gasteiger partial charge in [-0.05, 0) is 25.0 Å². The Hall–Kier alpha value is -2.76. The molecule has 0 radical (unpaired) electrons. The number of benzene rings is 1. The summed E-state index contributed by atoms with van der Waals surface area (Å²) in [6.07, 6.45) is 6.13. The average molecular weight is 437 g/mol. The van der Waals surface area contributed by atoms with Gasteiger partial charge in [-0.3, -0.25) is 20.2 Å². The van der Waals surface area contributed by atoms with Gasteiger partial charge in [0.15, 0.2) is 0 Å². The number of carbonyl (C=O) groups excluding carboxylic acids is 1. The smallest absolute Gasteiger partial charge is 0.288 e. The van der Waals surface area contributed by atoms with Crippen molar-refractivity contribution in [1.82, 2.24) is 10.6 Å². The number of nitrogens with one attached hydrogen (secondary N) is 2. The van der Waals surface area contributed by atoms with Crippen LogP contribution in [0.15, 0.2) is 53.1 Å². The number of nitro benzene ring substituents is 1. The molecule has 10 nitrogen and oxygen atoms in total. The van der Waals surface area contributed by atoms with Gasteiger partial charge in [0.25, 0.3) is 5.69 Å². The lowest BCUT2D eigenvalue weighted by Gasteiger charge is -2.37. The molecule has 2 aliphatic carbocycles. The van der Waals surface area contributed by atoms with Crippen LogP contribution in [-0.2, 0) is 24.1 Å². The fourth-order valence-electron chi connectivity index (χ4n) is 3.26. The highest BCUT2D eigenvalue weighted by atomic mass is 32.2. The fourth-order valence-corrected chi connectivity index (χ4v) is 5.26. The summed E-state index contributed by atoms with van der Waals surface area (Å²) in [5, 5.41) is 17.1. The lowest BCUT2D eigenvalue weighted by Crippen LogP contribution is -2.57. The molecule has 1 saturated carbocycles. The molecule has 3 rings (SSSR count). The van der Waals surface area contributed by atoms with Gasteiger partial charge in [0.2, 0.25) is 20.7 Å². The van der Waals surface area contributed by atoms with Crippen molar-refractivity contribution in [1.29, 1.82) is 0 Å². The normalized spacial score (nSPS) is 23.5. The molecule has 1 aromatic carbocycles. The number of rotatable bonds is 9. The number of ether oxygens (including phenoxy) is 2. The number of carbonyl (C=O) groups is 1. The minimum atomic E-state index is -4.47. The van der Waals surface area contributed by atoms with Crippen LogP contribution < -0.4 is 10.6 Å². The van der Waals surface area contributed by atoms with Crippen LogP contribution in [0.25, 0.3) is 0 Å². The first-order chi connectivity index (χ1) is 14.2. The van der Waals surface area contributed by atoms with Crippen LogP contribution >= 0.6 is 0 Å². The lowest BCUT2D eigenvalue weighted by atomic mass is 10.0. The van der Waals surface area contributed by atoms with E-state index in [4.69, 9.17) is 9.47 Å². The van der Waals surface area contributed by atoms with Gasteiger partial charge in [0.1, 0.15) is 10.7 Å². The van der Waals surface area contributed by atoms with Crippen molar-refractivity contribution in [2.24, 2.45) is 0 Å². The van der Waals surface area contributed by atoms with E-state index in [-0.39, 0.29) is 24.3 Å². The van der Waals surface area contributed by atoms with E-state index in [0.29, 0.717) is 0 Å². The molecule has 1 aromatic rings. The van der Waals surface area contributed by atoms with Crippen molar-refractivity contribution in [3.05, 3.63) is 58.4 Å². The third-order valence-electron chi connectivity index (χ3n) is 4.98. The van der Waals surface area contributed by atoms with Crippen LogP contribution in [0.1, 0.15) is 12.8 Å². The Kier molecular flexibility index (Phi) is 6.25. The maximum Gasteiger partial charge on any atom is 0.288 e. The van der Waals surface area contributed by atoms with Gasteiger partial charge in [0, 0.05) is 25.3 Å². The molecule has 2 aliphatic rings. The highest BCUT2D eigenvalue weighted by Gasteiger charge is 2.53. The van der Waals surface area contributed by atoms with Crippen molar-refractivity contribution in [3.63, 3.8) is 0 Å². The van der Waals surface area contributed by atoms with Gasteiger partial charge in [-0.2, -0.15) is 0 Å². The van der Waals surface area contributed by atoms with Crippen molar-refractivity contribution >= 4 is 21.4 Å². The highest BCUT2D eigenvalue weighted by molar-refractivity contribution is 7.93. The molecular formula is C19H23N3O7S. The number of para-hydroxylation sites is 1. The van der Waals surface area contributed by atoms with Gasteiger partial charge < -0.3 is 14.8 Å². The van der Waals surface area contributed by atoms with Gasteiger partial charge in [0.05, 0.1) is 24.6 Å². The largest absolute Gasteiger partial charge is 0.497 e. The van der Waals surface area contributed by atoms with E-state index in [9.17, 15) is 23.3 Å². The first kappa shape index (κ1) is 21.9. The van der Waals surface area contributed by atoms with E-state index in [0.717, 1.165) is 25.0 Å². The molecule has 162 valence electrons. The molecule has 0 aromatic heterocycles. The number of amides is 1. The minimum Gasteiger partial charge on any atom is -0.497 e. The molecule has 0 aliphatic heterocycles. The molecule has 2 N–H and O–H groups in total. The number of allylic oxidation sites excluding steroid dienone is 1. The maximum atomic E-state index is 13.7. The Labute approximate surface area is 174 Å². The summed E-state index contributed by atoms with van der Waals surface area (Å²) >= 11 is 0. The average Bonchev–Trinajstić information content (AvgIpc) is 3.55. The van der Waals surface area contributed by atoms with Gasteiger partial charge in [-0.15, -0.1) is 0 Å². The van der Waals surface area contributed by atoms with Crippen molar-refractivity contribution < 1.29 is 27.6 Å². The minimum absolute atomic E-state index is 0.154. The van der Waals surface area contributed by atoms with Gasteiger partial charge in [-0.1, -0.05) is 18.2 Å². The molecule has 1 amide bonds. The molecule has 2 unspecified atom stereocenters. The molecule has 0 saturated heterocycles. The van der Waals surface area contributed by atoms with Crippen LogP contribution in [0.5, 0.6) is 0 Å². The number of hydrogen-bond acceptors (Lipinski definition) is 8. The summed E-state index contributed by atoms with van der Waals surface area (Å²) < 4.78 is 38.0. The van der Waals surface area contributed by atoms with Crippen LogP contribution in [0.4, 0.5) is 5.69 Å². The van der Waals surface area contributed by atoms with E-state index in [1.807, 2.05) is 0 Å². The third-order valence-corrected chi connectivity index (χ3v) is 7.28. The van der Waals surface area contributed by atoms with Gasteiger partial charge >= 0.3 is 0 Å². The van der Waals surface area contributed by atoms with E-state index in [1.165, 1.54) is 38.5 Å². The topological polar surface area (TPSA) is 137 Å². The van der Waals surface area contributed by atoms with Crippen LogP contribution in [0, 0.1) is 10.1 Å². The standard InChI is InChI=1S/C19H23N3O7S/c1-28-14-9-10-17(20-12-18(23)21-13-7-8-13)19(11-14,29-2)30(26,27)16-6-4-3-5-15(16)22(24)25/h3-6,9-11,13,17,20H,7-8,12H2,1-2H3,(H,21,23). The maximum absolute atomic E-state index is 13.7. The summed E-state index contributed by atoms with van der Waals surface area (Å²) in [5.41, 5.74) is -0.568. The summed E-state index contributed by atoms with van der Waals surface area (Å²) in [6.45, 7) is -0.154. The summed E-state index contributed by atoms with van der Waals surface area (Å²) in [5.74, 6) is -0.0694. The second-order valence-corrected chi connectivity index (χ2v) is 9.05. The number of nitrogens with zero attached hydrogens (tertiary/aromatic N) is 1. The number of methoxy groups -OCH3 is 2. The lowest BCUT2D eigenvalue weighted by molar-refractivity contribution is -0.387. The Morgan fingerprint density at radius 1 is 1.30 bits per heavy atom. The highest BCUT2D eigenvalue weighted by Crippen LogP contribution is 2.39. The number of hydrogen-bond donors (Lipinski definition) is 2. The molecule has 0 bridgehead atoms. The zero-order valence-electron chi connectivity index (χ0n) is 16.5. The van der Waals surface area contributed by atoms with Crippen molar-refractivity contribution in [2.45, 2.75) is 34.8 Å². The molecule has 30 heavy (non-hydrogen) atoms. The predicted molar refractivity (Wildman–Crippen MR) is 107 cm³/mol. The summed E-state index contributed by atoms with van der Waals surface area (Å²) in [4.78, 5) is 20.2. The molecule has 11 heteroatoms. The molecule has 0 spiro atoms. The van der Waals surface area contributed by atoms with Crippen LogP contribution in [-0.4, -0.2) is 57.0 Å². The van der Waals surface area contributed by atoms with Crippen molar-refractivity contribution in [3.8, 4) is 0 Å². The molecule has 1 fully saturated rings. The van der Waals surface area contributed by atoms with Crippen molar-refractivity contribution in [2.75, 3.05) is 20.8 Å². The second-order valence-electron chi connectivity index (χ2n) is 6.96. The van der Waals surface area contributed by atoms with E-state index in [2.05, 4.69) is 10.6 Å². The summed E-state index contributed by atoms with van der Waals surface area (Å²) in [6, 6.07) is 4.20. The van der Waals surface area contributed by atoms with Crippen LogP contribution in [0.3, 0.4) is 0 Å². The monoisotopic (exact) mass is 437 g/mol. The molecule has 2 atom stereocenters. The molecular weight excluding hydrogens is 414 g/mol.